The van der Waals surface area contributed by atoms with Gasteiger partial charge in [0.2, 0.25) is 0 Å². The first-order chi connectivity index (χ1) is 6.84. The molecule has 0 amide bonds. The fourth-order valence-electron chi connectivity index (χ4n) is 1.10. The molecule has 0 spiro atoms. The number of rotatable bonds is 2. The molecule has 15 heavy (non-hydrogen) atoms. The fourth-order valence-corrected chi connectivity index (χ4v) is 1.94. The standard InChI is InChI=1S/C11H10N2S.ClH/c1-9-12-8-7-11(13-9)14-10-5-3-2-4-6-10;/h2-8H,1H3;1H. The number of benzene rings is 1. The van der Waals surface area contributed by atoms with Crippen molar-refractivity contribution in [1.82, 2.24) is 9.97 Å². The first-order valence-electron chi connectivity index (χ1n) is 4.37. The molecule has 0 N–H and O–H groups in total. The summed E-state index contributed by atoms with van der Waals surface area (Å²) in [5.41, 5.74) is 0. The lowest BCUT2D eigenvalue weighted by Gasteiger charge is -2.00. The van der Waals surface area contributed by atoms with Gasteiger partial charge in [0.05, 0.1) is 0 Å². The molecule has 1 heterocycles. The van der Waals surface area contributed by atoms with Crippen LogP contribution in [0.25, 0.3) is 0 Å². The van der Waals surface area contributed by atoms with Crippen LogP contribution >= 0.6 is 24.2 Å². The summed E-state index contributed by atoms with van der Waals surface area (Å²) in [6, 6.07) is 12.1. The summed E-state index contributed by atoms with van der Waals surface area (Å²) in [7, 11) is 0. The second-order valence-corrected chi connectivity index (χ2v) is 3.95. The number of aryl methyl sites for hydroxylation is 1. The van der Waals surface area contributed by atoms with Crippen molar-refractivity contribution >= 4 is 24.2 Å². The summed E-state index contributed by atoms with van der Waals surface area (Å²) in [6.45, 7) is 1.90. The van der Waals surface area contributed by atoms with E-state index in [1.54, 1.807) is 18.0 Å². The van der Waals surface area contributed by atoms with Gasteiger partial charge < -0.3 is 0 Å². The number of nitrogens with zero attached hydrogens (tertiary/aromatic N) is 2. The van der Waals surface area contributed by atoms with Crippen molar-refractivity contribution in [2.24, 2.45) is 0 Å². The molecule has 1 aromatic heterocycles. The van der Waals surface area contributed by atoms with E-state index in [4.69, 9.17) is 0 Å². The molecule has 0 aliphatic rings. The van der Waals surface area contributed by atoms with E-state index in [2.05, 4.69) is 22.1 Å². The number of aromatic nitrogens is 2. The van der Waals surface area contributed by atoms with Crippen LogP contribution < -0.4 is 0 Å². The van der Waals surface area contributed by atoms with Gasteiger partial charge in [-0.05, 0) is 25.1 Å². The molecule has 0 unspecified atom stereocenters. The highest BCUT2D eigenvalue weighted by Crippen LogP contribution is 2.24. The summed E-state index contributed by atoms with van der Waals surface area (Å²) < 4.78 is 0. The lowest BCUT2D eigenvalue weighted by molar-refractivity contribution is 0.967. The molecule has 0 saturated carbocycles. The average Bonchev–Trinajstić information content (AvgIpc) is 2.19. The SMILES string of the molecule is Cc1nccc(Sc2ccccc2)n1.Cl. The summed E-state index contributed by atoms with van der Waals surface area (Å²) in [6.07, 6.45) is 1.79. The molecule has 0 radical (unpaired) electrons. The zero-order valence-corrected chi connectivity index (χ0v) is 9.89. The molecule has 2 rings (SSSR count). The van der Waals surface area contributed by atoms with Gasteiger partial charge >= 0.3 is 0 Å². The molecule has 0 bridgehead atoms. The minimum Gasteiger partial charge on any atom is -0.242 e. The molecule has 0 saturated heterocycles. The van der Waals surface area contributed by atoms with Gasteiger partial charge in [-0.25, -0.2) is 9.97 Å². The molecule has 4 heteroatoms. The molecule has 0 aliphatic heterocycles. The molecule has 2 aromatic rings. The lowest BCUT2D eigenvalue weighted by Crippen LogP contribution is -1.87. The Kier molecular flexibility index (Phi) is 4.59. The van der Waals surface area contributed by atoms with Gasteiger partial charge in [-0.1, -0.05) is 30.0 Å². The van der Waals surface area contributed by atoms with Crippen molar-refractivity contribution in [3.05, 3.63) is 48.4 Å². The van der Waals surface area contributed by atoms with E-state index in [9.17, 15) is 0 Å². The van der Waals surface area contributed by atoms with Crippen molar-refractivity contribution in [1.29, 1.82) is 0 Å². The van der Waals surface area contributed by atoms with E-state index < -0.39 is 0 Å². The van der Waals surface area contributed by atoms with Crippen molar-refractivity contribution in [2.75, 3.05) is 0 Å². The van der Waals surface area contributed by atoms with Gasteiger partial charge in [0.15, 0.2) is 0 Å². The summed E-state index contributed by atoms with van der Waals surface area (Å²) in [4.78, 5) is 9.58. The minimum atomic E-state index is 0. The van der Waals surface area contributed by atoms with Gasteiger partial charge in [0, 0.05) is 11.1 Å². The van der Waals surface area contributed by atoms with E-state index in [0.717, 1.165) is 10.9 Å². The smallest absolute Gasteiger partial charge is 0.126 e. The molecular weight excluding hydrogens is 228 g/mol. The summed E-state index contributed by atoms with van der Waals surface area (Å²) in [5, 5.41) is 0.990. The largest absolute Gasteiger partial charge is 0.242 e. The van der Waals surface area contributed by atoms with Gasteiger partial charge in [-0.2, -0.15) is 0 Å². The zero-order valence-electron chi connectivity index (χ0n) is 8.25. The molecule has 0 aliphatic carbocycles. The van der Waals surface area contributed by atoms with Crippen molar-refractivity contribution in [3.63, 3.8) is 0 Å². The Bertz CT molecular complexity index is 420. The topological polar surface area (TPSA) is 25.8 Å². The summed E-state index contributed by atoms with van der Waals surface area (Å²) in [5.74, 6) is 0.811. The first-order valence-corrected chi connectivity index (χ1v) is 5.19. The van der Waals surface area contributed by atoms with E-state index in [1.807, 2.05) is 31.2 Å². The van der Waals surface area contributed by atoms with E-state index in [-0.39, 0.29) is 12.4 Å². The molecule has 78 valence electrons. The van der Waals surface area contributed by atoms with Gasteiger partial charge in [0.25, 0.3) is 0 Å². The zero-order chi connectivity index (χ0) is 9.80. The highest BCUT2D eigenvalue weighted by atomic mass is 35.5. The normalized spacial score (nSPS) is 9.40. The fraction of sp³-hybridized carbons (Fsp3) is 0.0909. The van der Waals surface area contributed by atoms with Crippen molar-refractivity contribution in [3.8, 4) is 0 Å². The van der Waals surface area contributed by atoms with Crippen LogP contribution in [0, 0.1) is 6.92 Å². The summed E-state index contributed by atoms with van der Waals surface area (Å²) >= 11 is 1.65. The van der Waals surface area contributed by atoms with E-state index in [0.29, 0.717) is 0 Å². The molecule has 0 atom stereocenters. The minimum absolute atomic E-state index is 0. The maximum Gasteiger partial charge on any atom is 0.126 e. The van der Waals surface area contributed by atoms with Crippen LogP contribution in [0.4, 0.5) is 0 Å². The van der Waals surface area contributed by atoms with E-state index in [1.165, 1.54) is 4.90 Å². The molecule has 0 fully saturated rings. The van der Waals surface area contributed by atoms with Gasteiger partial charge in [-0.15, -0.1) is 12.4 Å². The van der Waals surface area contributed by atoms with Gasteiger partial charge in [-0.3, -0.25) is 0 Å². The maximum atomic E-state index is 4.32. The van der Waals surface area contributed by atoms with E-state index >= 15 is 0 Å². The first kappa shape index (κ1) is 12.0. The Hall–Kier alpha value is -1.06. The Morgan fingerprint density at radius 2 is 1.80 bits per heavy atom. The van der Waals surface area contributed by atoms with Crippen molar-refractivity contribution < 1.29 is 0 Å². The number of halogens is 1. The molecule has 2 nitrogen and oxygen atoms in total. The van der Waals surface area contributed by atoms with Crippen LogP contribution in [0.2, 0.25) is 0 Å². The molecule has 1 aromatic carbocycles. The highest BCUT2D eigenvalue weighted by molar-refractivity contribution is 7.99. The van der Waals surface area contributed by atoms with Crippen molar-refractivity contribution in [2.45, 2.75) is 16.8 Å². The number of hydrogen-bond acceptors (Lipinski definition) is 3. The monoisotopic (exact) mass is 238 g/mol. The van der Waals surface area contributed by atoms with Crippen LogP contribution in [0.15, 0.2) is 52.5 Å². The van der Waals surface area contributed by atoms with Crippen LogP contribution in [0.3, 0.4) is 0 Å². The molecular formula is C11H11ClN2S. The Morgan fingerprint density at radius 3 is 2.47 bits per heavy atom. The lowest BCUT2D eigenvalue weighted by atomic mass is 10.4. The predicted octanol–water partition coefficient (Wildman–Crippen LogP) is 3.36. The quantitative estimate of drug-likeness (QED) is 0.751. The Morgan fingerprint density at radius 1 is 1.07 bits per heavy atom. The predicted molar refractivity (Wildman–Crippen MR) is 64.6 cm³/mol. The van der Waals surface area contributed by atoms with Crippen LogP contribution in [-0.4, -0.2) is 9.97 Å². The average molecular weight is 239 g/mol. The van der Waals surface area contributed by atoms with Crippen LogP contribution in [0.1, 0.15) is 5.82 Å². The Labute approximate surface area is 99.6 Å². The third kappa shape index (κ3) is 3.53. The number of hydrogen-bond donors (Lipinski definition) is 0. The third-order valence-corrected chi connectivity index (χ3v) is 2.66. The second-order valence-electron chi connectivity index (χ2n) is 2.86. The third-order valence-electron chi connectivity index (χ3n) is 1.72. The van der Waals surface area contributed by atoms with Gasteiger partial charge in [0.1, 0.15) is 10.9 Å². The maximum absolute atomic E-state index is 4.32. The second kappa shape index (κ2) is 5.73. The van der Waals surface area contributed by atoms with Crippen LogP contribution in [-0.2, 0) is 0 Å². The Balaban J connectivity index is 0.00000112. The highest BCUT2D eigenvalue weighted by Gasteiger charge is 1.97. The van der Waals surface area contributed by atoms with Crippen LogP contribution in [0.5, 0.6) is 0 Å².